The van der Waals surface area contributed by atoms with Gasteiger partial charge in [-0.2, -0.15) is 5.26 Å². The summed E-state index contributed by atoms with van der Waals surface area (Å²) in [5.41, 5.74) is 0.893. The molecule has 0 aliphatic heterocycles. The van der Waals surface area contributed by atoms with Crippen molar-refractivity contribution in [1.82, 2.24) is 15.3 Å². The Morgan fingerprint density at radius 1 is 1.33 bits per heavy atom. The average Bonchev–Trinajstić information content (AvgIpc) is 3.20. The maximum absolute atomic E-state index is 12.2. The SMILES string of the molecule is CN(c1nc(C(=O)NCC(O)C(O)CC(C#N)Cc2ccncc2)cs1)S(C)(=O)=O. The van der Waals surface area contributed by atoms with Crippen LogP contribution in [0.4, 0.5) is 5.13 Å². The maximum atomic E-state index is 12.2. The zero-order valence-electron chi connectivity index (χ0n) is 16.5. The molecule has 2 heterocycles. The number of aromatic nitrogens is 2. The standard InChI is InChI=1S/C18H23N5O5S2/c1-23(30(2,27)28)18-22-14(11-29-18)17(26)21-10-16(25)15(24)8-13(9-19)7-12-3-5-20-6-4-12/h3-6,11,13,15-16,24-25H,7-8,10H2,1-2H3,(H,21,26). The van der Waals surface area contributed by atoms with Gasteiger partial charge in [0, 0.05) is 31.4 Å². The number of carbonyl (C=O) groups excluding carboxylic acids is 1. The van der Waals surface area contributed by atoms with Crippen molar-refractivity contribution in [3.05, 3.63) is 41.2 Å². The zero-order valence-corrected chi connectivity index (χ0v) is 18.1. The molecule has 0 radical (unpaired) electrons. The van der Waals surface area contributed by atoms with Gasteiger partial charge in [-0.15, -0.1) is 11.3 Å². The van der Waals surface area contributed by atoms with Crippen LogP contribution in [-0.2, 0) is 16.4 Å². The van der Waals surface area contributed by atoms with Gasteiger partial charge in [-0.1, -0.05) is 0 Å². The minimum absolute atomic E-state index is 0.000205. The molecule has 0 aliphatic rings. The number of hydrogen-bond donors (Lipinski definition) is 3. The third-order valence-corrected chi connectivity index (χ3v) is 6.55. The summed E-state index contributed by atoms with van der Waals surface area (Å²) in [6.45, 7) is -0.248. The minimum Gasteiger partial charge on any atom is -0.390 e. The lowest BCUT2D eigenvalue weighted by atomic mass is 9.93. The summed E-state index contributed by atoms with van der Waals surface area (Å²) in [4.78, 5) is 20.1. The number of rotatable bonds is 10. The van der Waals surface area contributed by atoms with Crippen molar-refractivity contribution in [3.8, 4) is 6.07 Å². The Kier molecular flexibility index (Phi) is 8.24. The molecule has 0 bridgehead atoms. The van der Waals surface area contributed by atoms with Crippen LogP contribution in [0, 0.1) is 17.2 Å². The molecule has 12 heteroatoms. The predicted octanol–water partition coefficient (Wildman–Crippen LogP) is 0.158. The Balaban J connectivity index is 1.87. The molecule has 0 aliphatic carbocycles. The quantitative estimate of drug-likeness (QED) is 0.459. The van der Waals surface area contributed by atoms with Crippen molar-refractivity contribution in [1.29, 1.82) is 5.26 Å². The highest BCUT2D eigenvalue weighted by Gasteiger charge is 2.23. The number of nitriles is 1. The van der Waals surface area contributed by atoms with Crippen LogP contribution in [-0.4, -0.2) is 66.6 Å². The first-order valence-electron chi connectivity index (χ1n) is 8.94. The summed E-state index contributed by atoms with van der Waals surface area (Å²) in [5.74, 6) is -1.13. The molecule has 3 atom stereocenters. The van der Waals surface area contributed by atoms with Gasteiger partial charge in [-0.3, -0.25) is 9.78 Å². The summed E-state index contributed by atoms with van der Waals surface area (Å²) in [6.07, 6.45) is 2.21. The third kappa shape index (κ3) is 6.74. The van der Waals surface area contributed by atoms with Crippen LogP contribution in [0.3, 0.4) is 0 Å². The second-order valence-corrected chi connectivity index (χ2v) is 9.56. The Bertz CT molecular complexity index is 990. The average molecular weight is 454 g/mol. The number of aliphatic hydroxyl groups excluding tert-OH is 2. The molecule has 3 N–H and O–H groups in total. The van der Waals surface area contributed by atoms with Crippen LogP contribution in [0.5, 0.6) is 0 Å². The molecule has 10 nitrogen and oxygen atoms in total. The molecule has 0 fully saturated rings. The van der Waals surface area contributed by atoms with E-state index in [-0.39, 0.29) is 23.8 Å². The largest absolute Gasteiger partial charge is 0.390 e. The molecule has 3 unspecified atom stereocenters. The first kappa shape index (κ1) is 23.7. The highest BCUT2D eigenvalue weighted by atomic mass is 32.2. The molecule has 0 aromatic carbocycles. The highest BCUT2D eigenvalue weighted by molar-refractivity contribution is 7.92. The lowest BCUT2D eigenvalue weighted by Crippen LogP contribution is -2.40. The number of anilines is 1. The van der Waals surface area contributed by atoms with Gasteiger partial charge < -0.3 is 15.5 Å². The van der Waals surface area contributed by atoms with Crippen molar-refractivity contribution in [2.45, 2.75) is 25.0 Å². The lowest BCUT2D eigenvalue weighted by Gasteiger charge is -2.20. The van der Waals surface area contributed by atoms with Crippen LogP contribution in [0.25, 0.3) is 0 Å². The molecule has 1 amide bonds. The van der Waals surface area contributed by atoms with Gasteiger partial charge in [-0.25, -0.2) is 17.7 Å². The molecule has 30 heavy (non-hydrogen) atoms. The van der Waals surface area contributed by atoms with Gasteiger partial charge in [0.15, 0.2) is 5.13 Å². The van der Waals surface area contributed by atoms with Gasteiger partial charge in [0.2, 0.25) is 10.0 Å². The molecular formula is C18H23N5O5S2. The number of pyridine rings is 1. The molecule has 162 valence electrons. The Labute approximate surface area is 178 Å². The first-order valence-corrected chi connectivity index (χ1v) is 11.7. The van der Waals surface area contributed by atoms with E-state index in [1.165, 1.54) is 12.4 Å². The van der Waals surface area contributed by atoms with Crippen LogP contribution >= 0.6 is 11.3 Å². The topological polar surface area (TPSA) is 157 Å². The van der Waals surface area contributed by atoms with Crippen molar-refractivity contribution in [3.63, 3.8) is 0 Å². The van der Waals surface area contributed by atoms with Gasteiger partial charge >= 0.3 is 0 Å². The molecule has 0 spiro atoms. The third-order valence-electron chi connectivity index (χ3n) is 4.35. The second kappa shape index (κ2) is 10.4. The van der Waals surface area contributed by atoms with E-state index in [4.69, 9.17) is 0 Å². The summed E-state index contributed by atoms with van der Waals surface area (Å²) in [7, 11) is -2.17. The van der Waals surface area contributed by atoms with E-state index in [1.54, 1.807) is 24.5 Å². The first-order chi connectivity index (χ1) is 14.1. The van der Waals surface area contributed by atoms with E-state index in [9.17, 15) is 28.7 Å². The number of nitrogens with zero attached hydrogens (tertiary/aromatic N) is 4. The predicted molar refractivity (Wildman–Crippen MR) is 111 cm³/mol. The van der Waals surface area contributed by atoms with Crippen molar-refractivity contribution >= 4 is 32.4 Å². The molecule has 2 rings (SSSR count). The number of thiazole rings is 1. The van der Waals surface area contributed by atoms with E-state index in [1.807, 2.05) is 0 Å². The van der Waals surface area contributed by atoms with Gasteiger partial charge in [-0.05, 0) is 30.5 Å². The number of aliphatic hydroxyl groups is 2. The summed E-state index contributed by atoms with van der Waals surface area (Å²) < 4.78 is 24.0. The summed E-state index contributed by atoms with van der Waals surface area (Å²) >= 11 is 0.988. The number of nitrogens with one attached hydrogen (secondary N) is 1. The summed E-state index contributed by atoms with van der Waals surface area (Å²) in [6, 6.07) is 5.66. The van der Waals surface area contributed by atoms with Crippen LogP contribution < -0.4 is 9.62 Å². The Morgan fingerprint density at radius 2 is 2.00 bits per heavy atom. The van der Waals surface area contributed by atoms with Crippen molar-refractivity contribution in [2.24, 2.45) is 5.92 Å². The fraction of sp³-hybridized carbons (Fsp3) is 0.444. The Hall–Kier alpha value is -2.59. The maximum Gasteiger partial charge on any atom is 0.270 e. The van der Waals surface area contributed by atoms with Crippen LogP contribution in [0.2, 0.25) is 0 Å². The number of hydrogen-bond acceptors (Lipinski definition) is 9. The number of sulfonamides is 1. The zero-order chi connectivity index (χ0) is 22.3. The van der Waals surface area contributed by atoms with E-state index < -0.39 is 34.1 Å². The second-order valence-electron chi connectivity index (χ2n) is 6.71. The molecule has 2 aromatic rings. The normalized spacial score (nSPS) is 14.4. The number of carbonyl (C=O) groups is 1. The fourth-order valence-electron chi connectivity index (χ4n) is 2.51. The van der Waals surface area contributed by atoms with E-state index in [2.05, 4.69) is 21.4 Å². The number of amides is 1. The van der Waals surface area contributed by atoms with E-state index >= 15 is 0 Å². The highest BCUT2D eigenvalue weighted by Crippen LogP contribution is 2.21. The lowest BCUT2D eigenvalue weighted by molar-refractivity contribution is 0.00986. The van der Waals surface area contributed by atoms with Gasteiger partial charge in [0.05, 0.1) is 30.5 Å². The van der Waals surface area contributed by atoms with Gasteiger partial charge in [0.1, 0.15) is 5.69 Å². The van der Waals surface area contributed by atoms with Crippen LogP contribution in [0.1, 0.15) is 22.5 Å². The Morgan fingerprint density at radius 3 is 2.60 bits per heavy atom. The van der Waals surface area contributed by atoms with Crippen LogP contribution in [0.15, 0.2) is 29.9 Å². The molecule has 0 saturated heterocycles. The van der Waals surface area contributed by atoms with E-state index in [0.29, 0.717) is 6.42 Å². The smallest absolute Gasteiger partial charge is 0.270 e. The minimum atomic E-state index is -3.50. The van der Waals surface area contributed by atoms with Crippen molar-refractivity contribution in [2.75, 3.05) is 24.2 Å². The van der Waals surface area contributed by atoms with Crippen molar-refractivity contribution < 1.29 is 23.4 Å². The fourth-order valence-corrected chi connectivity index (χ4v) is 4.05. The van der Waals surface area contributed by atoms with E-state index in [0.717, 1.165) is 27.5 Å². The molecular weight excluding hydrogens is 430 g/mol. The molecule has 2 aromatic heterocycles. The van der Waals surface area contributed by atoms with Gasteiger partial charge in [0.25, 0.3) is 5.91 Å². The molecule has 0 saturated carbocycles. The monoisotopic (exact) mass is 453 g/mol. The summed E-state index contributed by atoms with van der Waals surface area (Å²) in [5, 5.41) is 33.6.